The Labute approximate surface area is 215 Å². The van der Waals surface area contributed by atoms with Crippen LogP contribution < -0.4 is 5.32 Å². The van der Waals surface area contributed by atoms with Crippen LogP contribution in [0, 0.1) is 13.8 Å². The van der Waals surface area contributed by atoms with E-state index in [1.807, 2.05) is 33.8 Å². The number of amides is 1. The van der Waals surface area contributed by atoms with Crippen molar-refractivity contribution < 1.29 is 27.5 Å². The van der Waals surface area contributed by atoms with E-state index < -0.39 is 23.7 Å². The summed E-state index contributed by atoms with van der Waals surface area (Å²) in [6, 6.07) is 9.02. The van der Waals surface area contributed by atoms with Gasteiger partial charge in [0.05, 0.1) is 17.9 Å². The van der Waals surface area contributed by atoms with Crippen LogP contribution in [0.3, 0.4) is 0 Å². The van der Waals surface area contributed by atoms with Gasteiger partial charge in [-0.3, -0.25) is 4.79 Å². The number of carbonyl (C=O) groups excluding carboxylic acids is 2. The minimum atomic E-state index is -4.74. The molecule has 4 aromatic rings. The van der Waals surface area contributed by atoms with Crippen molar-refractivity contribution in [2.75, 3.05) is 11.9 Å². The minimum Gasteiger partial charge on any atom is -0.462 e. The molecule has 0 saturated heterocycles. The van der Waals surface area contributed by atoms with E-state index in [0.29, 0.717) is 10.1 Å². The average molecular weight is 531 g/mol. The molecule has 1 aromatic carbocycles. The van der Waals surface area contributed by atoms with Crippen LogP contribution in [0.2, 0.25) is 0 Å². The van der Waals surface area contributed by atoms with Crippen LogP contribution in [0.1, 0.15) is 69.2 Å². The number of alkyl halides is 3. The number of aryl methyl sites for hydroxylation is 2. The molecular weight excluding hydrogens is 505 g/mol. The summed E-state index contributed by atoms with van der Waals surface area (Å²) in [5.74, 6) is -1.29. The number of rotatable bonds is 6. The van der Waals surface area contributed by atoms with E-state index in [2.05, 4.69) is 15.4 Å². The molecule has 0 saturated carbocycles. The Hall–Kier alpha value is -3.73. The Morgan fingerprint density at radius 2 is 1.84 bits per heavy atom. The second-order valence-electron chi connectivity index (χ2n) is 8.84. The first-order valence-electron chi connectivity index (χ1n) is 11.6. The molecular formula is C26H25F3N4O3S. The number of nitrogens with zero attached hydrogens (tertiary/aromatic N) is 3. The maximum atomic E-state index is 14.0. The second kappa shape index (κ2) is 9.97. The van der Waals surface area contributed by atoms with Gasteiger partial charge in [0.15, 0.2) is 17.0 Å². The Morgan fingerprint density at radius 3 is 2.46 bits per heavy atom. The lowest BCUT2D eigenvalue weighted by Gasteiger charge is -2.11. The molecule has 37 heavy (non-hydrogen) atoms. The SMILES string of the molecule is CCOC(=O)c1cc(C(C)C)sc1NC(=O)c1cc2nc(-c3ccc(C)c(C)c3)cc(C(F)(F)F)n2n1. The molecule has 0 fully saturated rings. The lowest BCUT2D eigenvalue weighted by molar-refractivity contribution is -0.142. The predicted octanol–water partition coefficient (Wildman–Crippen LogP) is 6.65. The molecule has 194 valence electrons. The largest absolute Gasteiger partial charge is 0.462 e. The van der Waals surface area contributed by atoms with E-state index in [4.69, 9.17) is 4.74 Å². The highest BCUT2D eigenvalue weighted by Gasteiger charge is 2.36. The number of thiophene rings is 1. The Morgan fingerprint density at radius 1 is 1.11 bits per heavy atom. The van der Waals surface area contributed by atoms with Crippen molar-refractivity contribution in [3.63, 3.8) is 0 Å². The Balaban J connectivity index is 1.76. The summed E-state index contributed by atoms with van der Waals surface area (Å²) in [6.07, 6.45) is -4.74. The number of halogens is 3. The van der Waals surface area contributed by atoms with Crippen molar-refractivity contribution in [1.29, 1.82) is 0 Å². The lowest BCUT2D eigenvalue weighted by Crippen LogP contribution is -2.16. The molecule has 0 unspecified atom stereocenters. The van der Waals surface area contributed by atoms with Crippen molar-refractivity contribution in [3.05, 3.63) is 69.4 Å². The number of anilines is 1. The minimum absolute atomic E-state index is 0.0846. The zero-order valence-electron chi connectivity index (χ0n) is 20.9. The number of benzene rings is 1. The van der Waals surface area contributed by atoms with E-state index in [9.17, 15) is 22.8 Å². The number of nitrogens with one attached hydrogen (secondary N) is 1. The van der Waals surface area contributed by atoms with E-state index in [0.717, 1.165) is 22.1 Å². The van der Waals surface area contributed by atoms with Gasteiger partial charge < -0.3 is 10.1 Å². The molecule has 0 radical (unpaired) electrons. The van der Waals surface area contributed by atoms with Crippen molar-refractivity contribution >= 4 is 33.9 Å². The molecule has 0 bridgehead atoms. The normalized spacial score (nSPS) is 11.8. The quantitative estimate of drug-likeness (QED) is 0.282. The number of hydrogen-bond acceptors (Lipinski definition) is 6. The first-order valence-corrected chi connectivity index (χ1v) is 12.4. The van der Waals surface area contributed by atoms with Crippen LogP contribution in [0.15, 0.2) is 36.4 Å². The van der Waals surface area contributed by atoms with Crippen molar-refractivity contribution in [3.8, 4) is 11.3 Å². The highest BCUT2D eigenvalue weighted by Crippen LogP contribution is 2.35. The number of ether oxygens (including phenoxy) is 1. The third-order valence-electron chi connectivity index (χ3n) is 5.80. The highest BCUT2D eigenvalue weighted by molar-refractivity contribution is 7.16. The smallest absolute Gasteiger partial charge is 0.433 e. The summed E-state index contributed by atoms with van der Waals surface area (Å²) in [7, 11) is 0. The molecule has 1 amide bonds. The fourth-order valence-corrected chi connectivity index (χ4v) is 4.70. The van der Waals surface area contributed by atoms with Crippen molar-refractivity contribution in [2.24, 2.45) is 0 Å². The summed E-state index contributed by atoms with van der Waals surface area (Å²) in [5, 5.41) is 6.76. The second-order valence-corrected chi connectivity index (χ2v) is 9.93. The molecule has 0 aliphatic carbocycles. The van der Waals surface area contributed by atoms with E-state index in [1.54, 1.807) is 25.1 Å². The van der Waals surface area contributed by atoms with E-state index >= 15 is 0 Å². The van der Waals surface area contributed by atoms with Gasteiger partial charge in [0.25, 0.3) is 5.91 Å². The molecule has 0 aliphatic heterocycles. The van der Waals surface area contributed by atoms with E-state index in [-0.39, 0.29) is 40.1 Å². The fourth-order valence-electron chi connectivity index (χ4n) is 3.65. The number of aromatic nitrogens is 3. The van der Waals surface area contributed by atoms with Gasteiger partial charge in [-0.05, 0) is 56.0 Å². The van der Waals surface area contributed by atoms with Crippen molar-refractivity contribution in [2.45, 2.75) is 46.7 Å². The van der Waals surface area contributed by atoms with Crippen molar-refractivity contribution in [1.82, 2.24) is 14.6 Å². The first kappa shape index (κ1) is 26.3. The third kappa shape index (κ3) is 5.36. The Kier molecular flexibility index (Phi) is 7.09. The van der Waals surface area contributed by atoms with Crippen LogP contribution in [-0.4, -0.2) is 33.1 Å². The van der Waals surface area contributed by atoms with Crippen LogP contribution >= 0.6 is 11.3 Å². The van der Waals surface area contributed by atoms with Gasteiger partial charge in [0.2, 0.25) is 0 Å². The first-order chi connectivity index (χ1) is 17.4. The summed E-state index contributed by atoms with van der Waals surface area (Å²) < 4.78 is 47.6. The molecule has 3 heterocycles. The van der Waals surface area contributed by atoms with Gasteiger partial charge >= 0.3 is 12.1 Å². The Bertz CT molecular complexity index is 1500. The number of esters is 1. The maximum Gasteiger partial charge on any atom is 0.433 e. The van der Waals surface area contributed by atoms with Crippen LogP contribution in [-0.2, 0) is 10.9 Å². The zero-order valence-corrected chi connectivity index (χ0v) is 21.7. The molecule has 1 N–H and O–H groups in total. The van der Waals surface area contributed by atoms with Gasteiger partial charge in [0.1, 0.15) is 5.00 Å². The number of hydrogen-bond donors (Lipinski definition) is 1. The molecule has 7 nitrogen and oxygen atoms in total. The molecule has 4 rings (SSSR count). The summed E-state index contributed by atoms with van der Waals surface area (Å²) in [4.78, 5) is 30.7. The maximum absolute atomic E-state index is 14.0. The molecule has 3 aromatic heterocycles. The standard InChI is InChI=1S/C26H25F3N4O3S/c1-6-36-25(35)17-10-20(13(2)3)37-24(17)31-23(34)19-12-22-30-18(16-8-7-14(4)15(5)9-16)11-21(26(27,28)29)33(22)32-19/h7-13H,6H2,1-5H3,(H,31,34). The van der Waals surface area contributed by atoms with Crippen LogP contribution in [0.4, 0.5) is 18.2 Å². The van der Waals surface area contributed by atoms with Gasteiger partial charge in [-0.25, -0.2) is 14.3 Å². The molecule has 0 atom stereocenters. The highest BCUT2D eigenvalue weighted by atomic mass is 32.1. The molecule has 11 heteroatoms. The average Bonchev–Trinajstić information content (AvgIpc) is 3.44. The lowest BCUT2D eigenvalue weighted by atomic mass is 10.0. The predicted molar refractivity (Wildman–Crippen MR) is 135 cm³/mol. The number of fused-ring (bicyclic) bond motifs is 1. The number of carbonyl (C=O) groups is 2. The summed E-state index contributed by atoms with van der Waals surface area (Å²) in [6.45, 7) is 9.46. The van der Waals surface area contributed by atoms with Gasteiger partial charge in [0, 0.05) is 16.5 Å². The van der Waals surface area contributed by atoms with Crippen LogP contribution in [0.25, 0.3) is 16.9 Å². The third-order valence-corrected chi connectivity index (χ3v) is 7.15. The fraction of sp³-hybridized carbons (Fsp3) is 0.308. The zero-order chi connectivity index (χ0) is 27.1. The van der Waals surface area contributed by atoms with Gasteiger partial charge in [-0.2, -0.15) is 18.3 Å². The van der Waals surface area contributed by atoms with E-state index in [1.165, 1.54) is 17.4 Å². The van der Waals surface area contributed by atoms with Gasteiger partial charge in [-0.15, -0.1) is 11.3 Å². The monoisotopic (exact) mass is 530 g/mol. The molecule has 0 aliphatic rings. The summed E-state index contributed by atoms with van der Waals surface area (Å²) in [5.41, 5.74) is 1.25. The summed E-state index contributed by atoms with van der Waals surface area (Å²) >= 11 is 1.20. The molecule has 0 spiro atoms. The topological polar surface area (TPSA) is 85.6 Å². The van der Waals surface area contributed by atoms with Crippen LogP contribution in [0.5, 0.6) is 0 Å². The van der Waals surface area contributed by atoms with Gasteiger partial charge in [-0.1, -0.05) is 26.0 Å².